The van der Waals surface area contributed by atoms with Crippen molar-refractivity contribution in [3.63, 3.8) is 0 Å². The highest BCUT2D eigenvalue weighted by Crippen LogP contribution is 2.23. The van der Waals surface area contributed by atoms with E-state index in [1.165, 1.54) is 24.3 Å². The first-order valence-corrected chi connectivity index (χ1v) is 12.9. The second kappa shape index (κ2) is 13.7. The van der Waals surface area contributed by atoms with Gasteiger partial charge in [-0.25, -0.2) is 4.39 Å². The Hall–Kier alpha value is -3.75. The Kier molecular flexibility index (Phi) is 9.84. The van der Waals surface area contributed by atoms with Gasteiger partial charge in [-0.2, -0.15) is 0 Å². The molecule has 1 saturated heterocycles. The molecule has 1 aliphatic heterocycles. The molecule has 200 valence electrons. The second-order valence-electron chi connectivity index (χ2n) is 9.65. The minimum Gasteiger partial charge on any atom is -0.457 e. The van der Waals surface area contributed by atoms with Crippen LogP contribution in [0.25, 0.3) is 0 Å². The van der Waals surface area contributed by atoms with Crippen LogP contribution >= 0.6 is 0 Å². The first-order valence-electron chi connectivity index (χ1n) is 12.9. The van der Waals surface area contributed by atoms with E-state index in [4.69, 9.17) is 9.47 Å². The fraction of sp³-hybridized carbons (Fsp3) is 0.333. The first kappa shape index (κ1) is 27.3. The van der Waals surface area contributed by atoms with Crippen molar-refractivity contribution in [1.82, 2.24) is 10.2 Å². The molecule has 1 unspecified atom stereocenters. The Bertz CT molecular complexity index is 1160. The van der Waals surface area contributed by atoms with Crippen LogP contribution in [0.4, 0.5) is 10.1 Å². The third-order valence-corrected chi connectivity index (χ3v) is 6.46. The predicted molar refractivity (Wildman–Crippen MR) is 144 cm³/mol. The molecule has 7 nitrogen and oxygen atoms in total. The van der Waals surface area contributed by atoms with Crippen LogP contribution < -0.4 is 15.4 Å². The van der Waals surface area contributed by atoms with Crippen LogP contribution in [0.3, 0.4) is 0 Å². The highest BCUT2D eigenvalue weighted by Gasteiger charge is 2.24. The molecule has 0 saturated carbocycles. The van der Waals surface area contributed by atoms with E-state index < -0.39 is 6.04 Å². The van der Waals surface area contributed by atoms with Gasteiger partial charge >= 0.3 is 0 Å². The van der Waals surface area contributed by atoms with E-state index >= 15 is 0 Å². The fourth-order valence-corrected chi connectivity index (χ4v) is 4.19. The molecule has 1 atom stereocenters. The zero-order valence-corrected chi connectivity index (χ0v) is 21.6. The number of amides is 2. The van der Waals surface area contributed by atoms with E-state index in [-0.39, 0.29) is 30.8 Å². The topological polar surface area (TPSA) is 79.9 Å². The standard InChI is InChI=1S/C30H34FN3O4/c1-22-15-17-34(18-16-22)19-29(35)33-28(21-37-20-23-5-3-2-4-6-23)30(36)32-25-9-13-27(14-10-25)38-26-11-7-24(31)8-12-26/h2-14,22,28H,15-21H2,1H3,(H,32,36)(H,33,35). The van der Waals surface area contributed by atoms with Gasteiger partial charge in [-0.1, -0.05) is 37.3 Å². The minimum absolute atomic E-state index is 0.0370. The summed E-state index contributed by atoms with van der Waals surface area (Å²) in [6, 6.07) is 21.4. The molecule has 3 aromatic rings. The Labute approximate surface area is 222 Å². The number of nitrogens with zero attached hydrogens (tertiary/aromatic N) is 1. The molecule has 0 aromatic heterocycles. The van der Waals surface area contributed by atoms with Gasteiger partial charge in [0.1, 0.15) is 23.4 Å². The summed E-state index contributed by atoms with van der Waals surface area (Å²) in [5, 5.41) is 5.71. The minimum atomic E-state index is -0.856. The smallest absolute Gasteiger partial charge is 0.249 e. The van der Waals surface area contributed by atoms with E-state index in [1.54, 1.807) is 24.3 Å². The molecule has 0 aliphatic carbocycles. The molecule has 2 amide bonds. The molecule has 3 aromatic carbocycles. The van der Waals surface area contributed by atoms with Crippen LogP contribution in [0.5, 0.6) is 11.5 Å². The lowest BCUT2D eigenvalue weighted by atomic mass is 9.99. The summed E-state index contributed by atoms with van der Waals surface area (Å²) in [5.74, 6) is 0.810. The lowest BCUT2D eigenvalue weighted by Crippen LogP contribution is -2.50. The summed E-state index contributed by atoms with van der Waals surface area (Å²) in [6.45, 7) is 4.60. The van der Waals surface area contributed by atoms with Gasteiger partial charge in [0, 0.05) is 5.69 Å². The molecular weight excluding hydrogens is 485 g/mol. The maximum absolute atomic E-state index is 13.1. The Morgan fingerprint density at radius 3 is 2.24 bits per heavy atom. The SMILES string of the molecule is CC1CCN(CC(=O)NC(COCc2ccccc2)C(=O)Nc2ccc(Oc3ccc(F)cc3)cc2)CC1. The van der Waals surface area contributed by atoms with Gasteiger partial charge < -0.3 is 20.1 Å². The molecule has 38 heavy (non-hydrogen) atoms. The van der Waals surface area contributed by atoms with Crippen molar-refractivity contribution in [2.75, 3.05) is 31.6 Å². The molecule has 1 fully saturated rings. The third-order valence-electron chi connectivity index (χ3n) is 6.46. The Morgan fingerprint density at radius 1 is 0.947 bits per heavy atom. The van der Waals surface area contributed by atoms with Crippen LogP contribution in [-0.2, 0) is 20.9 Å². The highest BCUT2D eigenvalue weighted by molar-refractivity contribution is 5.97. The number of ether oxygens (including phenoxy) is 2. The molecule has 2 N–H and O–H groups in total. The molecule has 8 heteroatoms. The molecule has 0 radical (unpaired) electrons. The van der Waals surface area contributed by atoms with Crippen LogP contribution in [0.15, 0.2) is 78.9 Å². The Morgan fingerprint density at radius 2 is 1.58 bits per heavy atom. The number of benzene rings is 3. The van der Waals surface area contributed by atoms with Gasteiger partial charge in [-0.05, 0) is 85.9 Å². The predicted octanol–water partition coefficient (Wildman–Crippen LogP) is 4.99. The normalized spacial score (nSPS) is 15.0. The van der Waals surface area contributed by atoms with Crippen molar-refractivity contribution in [2.24, 2.45) is 5.92 Å². The number of nitrogens with one attached hydrogen (secondary N) is 2. The number of likely N-dealkylation sites (tertiary alicyclic amines) is 1. The monoisotopic (exact) mass is 519 g/mol. The summed E-state index contributed by atoms with van der Waals surface area (Å²) in [7, 11) is 0. The molecule has 0 bridgehead atoms. The van der Waals surface area contributed by atoms with Gasteiger partial charge in [-0.3, -0.25) is 14.5 Å². The second-order valence-corrected chi connectivity index (χ2v) is 9.65. The van der Waals surface area contributed by atoms with Crippen molar-refractivity contribution < 1.29 is 23.5 Å². The number of carbonyl (C=O) groups is 2. The van der Waals surface area contributed by atoms with E-state index in [0.29, 0.717) is 29.7 Å². The lowest BCUT2D eigenvalue weighted by molar-refractivity contribution is -0.128. The largest absolute Gasteiger partial charge is 0.457 e. The summed E-state index contributed by atoms with van der Waals surface area (Å²) in [4.78, 5) is 28.1. The zero-order chi connectivity index (χ0) is 26.7. The van der Waals surface area contributed by atoms with Crippen LogP contribution in [0.2, 0.25) is 0 Å². The quantitative estimate of drug-likeness (QED) is 0.373. The van der Waals surface area contributed by atoms with Crippen molar-refractivity contribution >= 4 is 17.5 Å². The van der Waals surface area contributed by atoms with Gasteiger partial charge in [0.2, 0.25) is 11.8 Å². The van der Waals surface area contributed by atoms with Gasteiger partial charge in [0.15, 0.2) is 0 Å². The molecule has 4 rings (SSSR count). The number of hydrogen-bond acceptors (Lipinski definition) is 5. The summed E-state index contributed by atoms with van der Waals surface area (Å²) < 4.78 is 24.6. The van der Waals surface area contributed by atoms with Gasteiger partial charge in [0.05, 0.1) is 19.8 Å². The summed E-state index contributed by atoms with van der Waals surface area (Å²) in [6.07, 6.45) is 2.14. The first-order chi connectivity index (χ1) is 18.4. The Balaban J connectivity index is 1.34. The number of piperidine rings is 1. The van der Waals surface area contributed by atoms with Crippen molar-refractivity contribution in [2.45, 2.75) is 32.4 Å². The zero-order valence-electron chi connectivity index (χ0n) is 21.6. The van der Waals surface area contributed by atoms with Crippen LogP contribution in [0.1, 0.15) is 25.3 Å². The van der Waals surface area contributed by atoms with Crippen LogP contribution in [0, 0.1) is 11.7 Å². The highest BCUT2D eigenvalue weighted by atomic mass is 19.1. The molecular formula is C30H34FN3O4. The third kappa shape index (κ3) is 8.68. The van der Waals surface area contributed by atoms with Gasteiger partial charge in [0.25, 0.3) is 0 Å². The molecule has 1 aliphatic rings. The van der Waals surface area contributed by atoms with Crippen LogP contribution in [-0.4, -0.2) is 49.0 Å². The van der Waals surface area contributed by atoms with E-state index in [2.05, 4.69) is 22.5 Å². The molecule has 1 heterocycles. The summed E-state index contributed by atoms with van der Waals surface area (Å²) in [5.41, 5.74) is 1.53. The van der Waals surface area contributed by atoms with E-state index in [9.17, 15) is 14.0 Å². The average molecular weight is 520 g/mol. The lowest BCUT2D eigenvalue weighted by Gasteiger charge is -2.30. The number of carbonyl (C=O) groups excluding carboxylic acids is 2. The number of hydrogen-bond donors (Lipinski definition) is 2. The number of rotatable bonds is 11. The fourth-order valence-electron chi connectivity index (χ4n) is 4.19. The van der Waals surface area contributed by atoms with E-state index in [1.807, 2.05) is 30.3 Å². The average Bonchev–Trinajstić information content (AvgIpc) is 2.92. The van der Waals surface area contributed by atoms with Crippen molar-refractivity contribution in [1.29, 1.82) is 0 Å². The van der Waals surface area contributed by atoms with Crippen molar-refractivity contribution in [3.8, 4) is 11.5 Å². The van der Waals surface area contributed by atoms with Gasteiger partial charge in [-0.15, -0.1) is 0 Å². The maximum Gasteiger partial charge on any atom is 0.249 e. The number of halogens is 1. The van der Waals surface area contributed by atoms with Crippen molar-refractivity contribution in [3.05, 3.63) is 90.2 Å². The molecule has 0 spiro atoms. The number of anilines is 1. The maximum atomic E-state index is 13.1. The summed E-state index contributed by atoms with van der Waals surface area (Å²) >= 11 is 0. The van der Waals surface area contributed by atoms with E-state index in [0.717, 1.165) is 31.5 Å².